The minimum absolute atomic E-state index is 0.222. The van der Waals surface area contributed by atoms with Crippen LogP contribution in [0.5, 0.6) is 0 Å². The molecular formula is C18H16Cl2O3. The minimum Gasteiger partial charge on any atom is -0.465 e. The first-order valence-electron chi connectivity index (χ1n) is 7.41. The van der Waals surface area contributed by atoms with Crippen molar-refractivity contribution in [3.8, 4) is 0 Å². The van der Waals surface area contributed by atoms with Gasteiger partial charge in [0, 0.05) is 11.4 Å². The number of benzene rings is 2. The van der Waals surface area contributed by atoms with Gasteiger partial charge in [0.15, 0.2) is 0 Å². The molecule has 23 heavy (non-hydrogen) atoms. The highest BCUT2D eigenvalue weighted by Crippen LogP contribution is 2.40. The standard InChI is InChI=1S/C18H16Cl2O3/c19-13-8-4-7-12(17(20)11-5-2-1-3-6-11)15(13)16-14(21)9-10-23-18(16)22/h1-8,14,16-17,21H,9-10H2/t14?,16-,17?/m0/s1. The van der Waals surface area contributed by atoms with E-state index in [1.165, 1.54) is 0 Å². The predicted molar refractivity (Wildman–Crippen MR) is 89.9 cm³/mol. The second-order valence-corrected chi connectivity index (χ2v) is 6.36. The summed E-state index contributed by atoms with van der Waals surface area (Å²) in [5.74, 6) is -1.27. The summed E-state index contributed by atoms with van der Waals surface area (Å²) in [5, 5.41) is 10.2. The highest BCUT2D eigenvalue weighted by molar-refractivity contribution is 6.32. The number of cyclic esters (lactones) is 1. The lowest BCUT2D eigenvalue weighted by molar-refractivity contribution is -0.154. The molecule has 3 atom stereocenters. The summed E-state index contributed by atoms with van der Waals surface area (Å²) in [6, 6.07) is 14.9. The second-order valence-electron chi connectivity index (χ2n) is 5.52. The molecule has 0 bridgehead atoms. The normalized spacial score (nSPS) is 22.5. The summed E-state index contributed by atoms with van der Waals surface area (Å²) in [7, 11) is 0. The molecule has 1 aliphatic heterocycles. The molecule has 0 radical (unpaired) electrons. The Morgan fingerprint density at radius 3 is 2.57 bits per heavy atom. The van der Waals surface area contributed by atoms with Crippen LogP contribution in [0.25, 0.3) is 0 Å². The molecular weight excluding hydrogens is 335 g/mol. The van der Waals surface area contributed by atoms with E-state index in [0.717, 1.165) is 5.56 Å². The van der Waals surface area contributed by atoms with Gasteiger partial charge >= 0.3 is 5.97 Å². The molecule has 5 heteroatoms. The molecule has 0 amide bonds. The van der Waals surface area contributed by atoms with Crippen molar-refractivity contribution in [3.05, 3.63) is 70.2 Å². The van der Waals surface area contributed by atoms with Crippen LogP contribution in [0.3, 0.4) is 0 Å². The summed E-state index contributed by atoms with van der Waals surface area (Å²) in [4.78, 5) is 12.2. The van der Waals surface area contributed by atoms with Gasteiger partial charge in [0.25, 0.3) is 0 Å². The summed E-state index contributed by atoms with van der Waals surface area (Å²) < 4.78 is 5.11. The number of alkyl halides is 1. The van der Waals surface area contributed by atoms with Crippen molar-refractivity contribution in [1.82, 2.24) is 0 Å². The third kappa shape index (κ3) is 3.23. The Hall–Kier alpha value is -1.55. The molecule has 120 valence electrons. The number of esters is 1. The summed E-state index contributed by atoms with van der Waals surface area (Å²) in [6.07, 6.45) is -0.436. The lowest BCUT2D eigenvalue weighted by atomic mass is 9.85. The third-order valence-electron chi connectivity index (χ3n) is 4.06. The van der Waals surface area contributed by atoms with Crippen LogP contribution >= 0.6 is 23.2 Å². The smallest absolute Gasteiger partial charge is 0.316 e. The van der Waals surface area contributed by atoms with E-state index in [9.17, 15) is 9.90 Å². The number of hydrogen-bond acceptors (Lipinski definition) is 3. The predicted octanol–water partition coefficient (Wildman–Crippen LogP) is 4.06. The van der Waals surface area contributed by atoms with Crippen LogP contribution in [0.1, 0.15) is 34.4 Å². The molecule has 3 rings (SSSR count). The van der Waals surface area contributed by atoms with Crippen LogP contribution in [0.15, 0.2) is 48.5 Å². The first-order chi connectivity index (χ1) is 11.1. The van der Waals surface area contributed by atoms with E-state index in [1.807, 2.05) is 36.4 Å². The number of aliphatic hydroxyl groups excluding tert-OH is 1. The van der Waals surface area contributed by atoms with Gasteiger partial charge in [0.2, 0.25) is 0 Å². The molecule has 2 aromatic carbocycles. The van der Waals surface area contributed by atoms with Gasteiger partial charge in [-0.05, 0) is 22.8 Å². The van der Waals surface area contributed by atoms with Crippen molar-refractivity contribution < 1.29 is 14.6 Å². The zero-order valence-electron chi connectivity index (χ0n) is 12.3. The highest BCUT2D eigenvalue weighted by Gasteiger charge is 2.37. The van der Waals surface area contributed by atoms with Crippen LogP contribution in [0.4, 0.5) is 0 Å². The molecule has 0 saturated carbocycles. The van der Waals surface area contributed by atoms with Gasteiger partial charge in [-0.25, -0.2) is 0 Å². The summed E-state index contributed by atoms with van der Waals surface area (Å²) in [5.41, 5.74) is 2.17. The topological polar surface area (TPSA) is 46.5 Å². The Morgan fingerprint density at radius 2 is 1.87 bits per heavy atom. The molecule has 2 unspecified atom stereocenters. The molecule has 1 aliphatic rings. The van der Waals surface area contributed by atoms with E-state index in [-0.39, 0.29) is 6.61 Å². The van der Waals surface area contributed by atoms with Crippen molar-refractivity contribution >= 4 is 29.2 Å². The Labute approximate surface area is 144 Å². The lowest BCUT2D eigenvalue weighted by Crippen LogP contribution is -2.35. The molecule has 1 heterocycles. The van der Waals surface area contributed by atoms with Crippen LogP contribution in [-0.4, -0.2) is 23.8 Å². The number of halogens is 2. The van der Waals surface area contributed by atoms with Gasteiger partial charge in [-0.15, -0.1) is 11.6 Å². The Balaban J connectivity index is 2.08. The fourth-order valence-corrected chi connectivity index (χ4v) is 3.54. The van der Waals surface area contributed by atoms with Crippen LogP contribution in [-0.2, 0) is 9.53 Å². The first-order valence-corrected chi connectivity index (χ1v) is 8.23. The van der Waals surface area contributed by atoms with E-state index in [1.54, 1.807) is 12.1 Å². The third-order valence-corrected chi connectivity index (χ3v) is 4.88. The van der Waals surface area contributed by atoms with Gasteiger partial charge in [-0.2, -0.15) is 0 Å². The molecule has 0 spiro atoms. The van der Waals surface area contributed by atoms with Gasteiger partial charge in [0.05, 0.1) is 18.1 Å². The van der Waals surface area contributed by atoms with E-state index in [4.69, 9.17) is 27.9 Å². The highest BCUT2D eigenvalue weighted by atomic mass is 35.5. The van der Waals surface area contributed by atoms with E-state index in [0.29, 0.717) is 22.6 Å². The minimum atomic E-state index is -0.824. The molecule has 0 aromatic heterocycles. The van der Waals surface area contributed by atoms with Gasteiger partial charge in [0.1, 0.15) is 5.92 Å². The monoisotopic (exact) mass is 350 g/mol. The second kappa shape index (κ2) is 6.91. The zero-order chi connectivity index (χ0) is 16.4. The SMILES string of the molecule is O=C1OCCC(O)[C@H]1c1c(Cl)cccc1C(Cl)c1ccccc1. The van der Waals surface area contributed by atoms with Crippen molar-refractivity contribution in [2.24, 2.45) is 0 Å². The van der Waals surface area contributed by atoms with Gasteiger partial charge in [-0.3, -0.25) is 4.79 Å². The van der Waals surface area contributed by atoms with Gasteiger partial charge < -0.3 is 9.84 Å². The van der Waals surface area contributed by atoms with Gasteiger partial charge in [-0.1, -0.05) is 54.1 Å². The molecule has 1 saturated heterocycles. The fourth-order valence-electron chi connectivity index (χ4n) is 2.91. The Bertz CT molecular complexity index is 703. The van der Waals surface area contributed by atoms with Crippen molar-refractivity contribution in [2.75, 3.05) is 6.61 Å². The number of hydrogen-bond donors (Lipinski definition) is 1. The lowest BCUT2D eigenvalue weighted by Gasteiger charge is -2.29. The molecule has 1 fully saturated rings. The van der Waals surface area contributed by atoms with Crippen LogP contribution < -0.4 is 0 Å². The first kappa shape index (κ1) is 16.3. The average Bonchev–Trinajstić information content (AvgIpc) is 2.56. The fraction of sp³-hybridized carbons (Fsp3) is 0.278. The zero-order valence-corrected chi connectivity index (χ0v) is 13.8. The van der Waals surface area contributed by atoms with E-state index in [2.05, 4.69) is 0 Å². The summed E-state index contributed by atoms with van der Waals surface area (Å²) in [6.45, 7) is 0.222. The summed E-state index contributed by atoms with van der Waals surface area (Å²) >= 11 is 13.0. The van der Waals surface area contributed by atoms with Crippen molar-refractivity contribution in [3.63, 3.8) is 0 Å². The van der Waals surface area contributed by atoms with Crippen LogP contribution in [0.2, 0.25) is 5.02 Å². The van der Waals surface area contributed by atoms with E-state index >= 15 is 0 Å². The average molecular weight is 351 g/mol. The molecule has 3 nitrogen and oxygen atoms in total. The largest absolute Gasteiger partial charge is 0.465 e. The molecule has 2 aromatic rings. The number of aliphatic hydroxyl groups is 1. The molecule has 0 aliphatic carbocycles. The van der Waals surface area contributed by atoms with Crippen LogP contribution in [0, 0.1) is 0 Å². The molecule has 1 N–H and O–H groups in total. The number of carbonyl (C=O) groups is 1. The van der Waals surface area contributed by atoms with Crippen molar-refractivity contribution in [2.45, 2.75) is 23.8 Å². The van der Waals surface area contributed by atoms with Crippen molar-refractivity contribution in [1.29, 1.82) is 0 Å². The number of rotatable bonds is 3. The Kier molecular flexibility index (Phi) is 4.90. The van der Waals surface area contributed by atoms with E-state index < -0.39 is 23.4 Å². The maximum Gasteiger partial charge on any atom is 0.316 e. The maximum atomic E-state index is 12.2. The Morgan fingerprint density at radius 1 is 1.13 bits per heavy atom. The number of carbonyl (C=O) groups excluding carboxylic acids is 1. The maximum absolute atomic E-state index is 12.2. The number of ether oxygens (including phenoxy) is 1. The quantitative estimate of drug-likeness (QED) is 0.670.